The Hall–Kier alpha value is -3.90. The third-order valence-corrected chi connectivity index (χ3v) is 4.15. The molecule has 0 unspecified atom stereocenters. The topological polar surface area (TPSA) is 189 Å². The quantitative estimate of drug-likeness (QED) is 0.107. The fourth-order valence-corrected chi connectivity index (χ4v) is 2.95. The third kappa shape index (κ3) is 6.55. The van der Waals surface area contributed by atoms with Gasteiger partial charge in [-0.05, 0) is 17.7 Å². The maximum Gasteiger partial charge on any atom is 0.303 e. The van der Waals surface area contributed by atoms with Crippen LogP contribution in [0.5, 0.6) is 5.75 Å². The Morgan fingerprint density at radius 2 is 1.69 bits per heavy atom. The summed E-state index contributed by atoms with van der Waals surface area (Å²) in [5.41, 5.74) is 8.83. The van der Waals surface area contributed by atoms with Crippen LogP contribution in [0.25, 0.3) is 10.4 Å². The number of carbonyl (C=O) groups excluding carboxylic acids is 3. The number of ether oxygens (including phenoxy) is 5. The standard InChI is InChI=1S/C18H20N4O10/c1-9(23)28-8-14-16(29-10(2)24)17(30-11(3)25)15(20-21-19)18(32-14)31-13-6-4-12(5-7-13)22(26)27/h4-7,14-18H,8H2,1-3H3/t14-,15-,16+,17-,18+/m1/s1. The van der Waals surface area contributed by atoms with E-state index in [1.807, 2.05) is 0 Å². The predicted molar refractivity (Wildman–Crippen MR) is 103 cm³/mol. The Balaban J connectivity index is 2.41. The molecule has 0 amide bonds. The minimum Gasteiger partial charge on any atom is -0.464 e. The Labute approximate surface area is 181 Å². The number of esters is 3. The summed E-state index contributed by atoms with van der Waals surface area (Å²) >= 11 is 0. The van der Waals surface area contributed by atoms with Crippen LogP contribution in [0, 0.1) is 10.1 Å². The van der Waals surface area contributed by atoms with Gasteiger partial charge in [-0.1, -0.05) is 5.11 Å². The van der Waals surface area contributed by atoms with Gasteiger partial charge in [0, 0.05) is 37.8 Å². The smallest absolute Gasteiger partial charge is 0.303 e. The van der Waals surface area contributed by atoms with E-state index in [4.69, 9.17) is 29.2 Å². The molecule has 0 N–H and O–H groups in total. The lowest BCUT2D eigenvalue weighted by Crippen LogP contribution is -2.62. The van der Waals surface area contributed by atoms with E-state index < -0.39 is 60.1 Å². The third-order valence-electron chi connectivity index (χ3n) is 4.15. The molecule has 0 spiro atoms. The number of nitrogens with zero attached hydrogens (tertiary/aromatic N) is 4. The van der Waals surface area contributed by atoms with Gasteiger partial charge in [-0.2, -0.15) is 0 Å². The number of rotatable bonds is 8. The Bertz CT molecular complexity index is 915. The van der Waals surface area contributed by atoms with Crippen LogP contribution < -0.4 is 4.74 Å². The van der Waals surface area contributed by atoms with Gasteiger partial charge in [0.1, 0.15) is 24.5 Å². The van der Waals surface area contributed by atoms with Crippen molar-refractivity contribution in [2.24, 2.45) is 5.11 Å². The molecule has 0 bridgehead atoms. The number of azide groups is 1. The minimum atomic E-state index is -1.39. The summed E-state index contributed by atoms with van der Waals surface area (Å²) < 4.78 is 26.8. The van der Waals surface area contributed by atoms with E-state index >= 15 is 0 Å². The molecular formula is C18H20N4O10. The van der Waals surface area contributed by atoms with Crippen LogP contribution in [-0.4, -0.2) is 60.1 Å². The van der Waals surface area contributed by atoms with Gasteiger partial charge in [0.2, 0.25) is 6.29 Å². The number of nitro benzene ring substituents is 1. The van der Waals surface area contributed by atoms with E-state index in [0.717, 1.165) is 20.8 Å². The first kappa shape index (κ1) is 24.4. The zero-order valence-electron chi connectivity index (χ0n) is 17.3. The first-order valence-corrected chi connectivity index (χ1v) is 9.21. The molecule has 1 saturated heterocycles. The minimum absolute atomic E-state index is 0.109. The molecule has 1 aliphatic rings. The molecule has 1 aromatic rings. The van der Waals surface area contributed by atoms with E-state index in [2.05, 4.69) is 10.0 Å². The second-order valence-corrected chi connectivity index (χ2v) is 6.56. The Morgan fingerprint density at radius 1 is 1.09 bits per heavy atom. The lowest BCUT2D eigenvalue weighted by molar-refractivity contribution is -0.384. The second-order valence-electron chi connectivity index (χ2n) is 6.56. The second kappa shape index (κ2) is 10.9. The summed E-state index contributed by atoms with van der Waals surface area (Å²) in [6.45, 7) is 2.96. The van der Waals surface area contributed by atoms with E-state index in [9.17, 15) is 24.5 Å². The van der Waals surface area contributed by atoms with E-state index in [0.29, 0.717) is 0 Å². The Kier molecular flexibility index (Phi) is 8.32. The van der Waals surface area contributed by atoms with Gasteiger partial charge in [-0.15, -0.1) is 0 Å². The number of hydrogen-bond donors (Lipinski definition) is 0. The van der Waals surface area contributed by atoms with Crippen LogP contribution in [0.15, 0.2) is 29.4 Å². The summed E-state index contributed by atoms with van der Waals surface area (Å²) in [5, 5.41) is 14.4. The van der Waals surface area contributed by atoms with Crippen LogP contribution in [-0.2, 0) is 33.3 Å². The lowest BCUT2D eigenvalue weighted by Gasteiger charge is -2.43. The summed E-state index contributed by atoms with van der Waals surface area (Å²) in [6, 6.07) is 3.62. The molecule has 0 radical (unpaired) electrons. The normalized spacial score (nSPS) is 24.4. The van der Waals surface area contributed by atoms with Gasteiger partial charge in [-0.3, -0.25) is 24.5 Å². The summed E-state index contributed by atoms with van der Waals surface area (Å²) in [6.07, 6.45) is -5.17. The molecule has 1 aliphatic heterocycles. The highest BCUT2D eigenvalue weighted by Gasteiger charge is 2.51. The van der Waals surface area contributed by atoms with Crippen molar-refractivity contribution in [1.82, 2.24) is 0 Å². The monoisotopic (exact) mass is 452 g/mol. The van der Waals surface area contributed by atoms with Crippen LogP contribution in [0.4, 0.5) is 5.69 Å². The predicted octanol–water partition coefficient (Wildman–Crippen LogP) is 1.80. The van der Waals surface area contributed by atoms with Crippen molar-refractivity contribution in [3.05, 3.63) is 44.8 Å². The fraction of sp³-hybridized carbons (Fsp3) is 0.500. The molecule has 172 valence electrons. The van der Waals surface area contributed by atoms with E-state index in [-0.39, 0.29) is 11.4 Å². The number of non-ortho nitro benzene ring substituents is 1. The fourth-order valence-electron chi connectivity index (χ4n) is 2.95. The highest BCUT2D eigenvalue weighted by molar-refractivity contribution is 5.68. The molecule has 14 nitrogen and oxygen atoms in total. The van der Waals surface area contributed by atoms with Crippen LogP contribution in [0.1, 0.15) is 20.8 Å². The van der Waals surface area contributed by atoms with Crippen molar-refractivity contribution >= 4 is 23.6 Å². The van der Waals surface area contributed by atoms with Crippen molar-refractivity contribution < 1.29 is 43.0 Å². The Morgan fingerprint density at radius 3 is 2.19 bits per heavy atom. The number of benzene rings is 1. The lowest BCUT2D eigenvalue weighted by atomic mass is 9.96. The molecule has 1 heterocycles. The molecule has 0 aliphatic carbocycles. The molecule has 1 fully saturated rings. The molecule has 5 atom stereocenters. The maximum absolute atomic E-state index is 11.7. The number of hydrogen-bond acceptors (Lipinski definition) is 11. The van der Waals surface area contributed by atoms with Crippen LogP contribution in [0.3, 0.4) is 0 Å². The van der Waals surface area contributed by atoms with Crippen molar-refractivity contribution in [3.8, 4) is 5.75 Å². The first-order valence-electron chi connectivity index (χ1n) is 9.21. The SMILES string of the molecule is CC(=O)OC[C@H]1O[C@H](Oc2ccc([N+](=O)[O-])cc2)[C@H](N=[N+]=[N-])[C@@H](OC(C)=O)[C@H]1OC(C)=O. The van der Waals surface area contributed by atoms with Crippen molar-refractivity contribution in [3.63, 3.8) is 0 Å². The zero-order valence-corrected chi connectivity index (χ0v) is 17.3. The van der Waals surface area contributed by atoms with Gasteiger partial charge in [0.05, 0.1) is 4.92 Å². The van der Waals surface area contributed by atoms with Gasteiger partial charge in [-0.25, -0.2) is 0 Å². The molecule has 1 aromatic carbocycles. The van der Waals surface area contributed by atoms with Gasteiger partial charge in [0.15, 0.2) is 12.2 Å². The van der Waals surface area contributed by atoms with Crippen LogP contribution in [0.2, 0.25) is 0 Å². The molecule has 2 rings (SSSR count). The highest BCUT2D eigenvalue weighted by Crippen LogP contribution is 2.31. The van der Waals surface area contributed by atoms with E-state index in [1.54, 1.807) is 0 Å². The summed E-state index contributed by atoms with van der Waals surface area (Å²) in [4.78, 5) is 47.6. The molecule has 0 aromatic heterocycles. The van der Waals surface area contributed by atoms with Gasteiger partial charge in [0.25, 0.3) is 5.69 Å². The largest absolute Gasteiger partial charge is 0.464 e. The molecule has 32 heavy (non-hydrogen) atoms. The van der Waals surface area contributed by atoms with E-state index in [1.165, 1.54) is 24.3 Å². The van der Waals surface area contributed by atoms with Crippen molar-refractivity contribution in [2.45, 2.75) is 51.4 Å². The maximum atomic E-state index is 11.7. The zero-order chi connectivity index (χ0) is 23.8. The summed E-state index contributed by atoms with van der Waals surface area (Å²) in [5.74, 6) is -2.06. The number of carbonyl (C=O) groups is 3. The van der Waals surface area contributed by atoms with Gasteiger partial charge < -0.3 is 23.7 Å². The molecular weight excluding hydrogens is 432 g/mol. The highest BCUT2D eigenvalue weighted by atomic mass is 16.7. The van der Waals surface area contributed by atoms with Gasteiger partial charge >= 0.3 is 17.9 Å². The number of nitro groups is 1. The molecule has 0 saturated carbocycles. The average Bonchev–Trinajstić information content (AvgIpc) is 2.70. The first-order chi connectivity index (χ1) is 15.1. The molecule has 14 heteroatoms. The van der Waals surface area contributed by atoms with Crippen molar-refractivity contribution in [1.29, 1.82) is 0 Å². The summed E-state index contributed by atoms with van der Waals surface area (Å²) in [7, 11) is 0. The van der Waals surface area contributed by atoms with Crippen LogP contribution >= 0.6 is 0 Å². The van der Waals surface area contributed by atoms with Crippen molar-refractivity contribution in [2.75, 3.05) is 6.61 Å². The average molecular weight is 452 g/mol.